The number of aromatic nitrogens is 3. The van der Waals surface area contributed by atoms with Crippen LogP contribution in [0.4, 0.5) is 0 Å². The molecule has 1 aliphatic heterocycles. The number of hydrogen-bond acceptors (Lipinski definition) is 6. The Labute approximate surface area is 169 Å². The van der Waals surface area contributed by atoms with Crippen molar-refractivity contribution >= 4 is 11.8 Å². The van der Waals surface area contributed by atoms with Gasteiger partial charge in [-0.25, -0.2) is 4.68 Å². The highest BCUT2D eigenvalue weighted by Gasteiger charge is 2.26. The Kier molecular flexibility index (Phi) is 5.86. The first-order valence-electron chi connectivity index (χ1n) is 10.0. The lowest BCUT2D eigenvalue weighted by Crippen LogP contribution is -2.41. The van der Waals surface area contributed by atoms with Gasteiger partial charge in [-0.1, -0.05) is 5.21 Å². The predicted molar refractivity (Wildman–Crippen MR) is 106 cm³/mol. The molecule has 2 aliphatic rings. The molecule has 0 spiro atoms. The molecule has 1 aromatic carbocycles. The topological polar surface area (TPSA) is 101 Å². The SMILES string of the molecule is Cc1c(C(=O)NC2CC2)nnn1-c1ccc(C(=O)NCCN2CCOCC2)cc1. The van der Waals surface area contributed by atoms with Gasteiger partial charge in [0, 0.05) is 37.8 Å². The number of benzene rings is 1. The number of ether oxygens (including phenoxy) is 1. The van der Waals surface area contributed by atoms with Crippen molar-refractivity contribution in [3.05, 3.63) is 41.2 Å². The average molecular weight is 398 g/mol. The van der Waals surface area contributed by atoms with Gasteiger partial charge in [0.25, 0.3) is 11.8 Å². The number of hydrogen-bond donors (Lipinski definition) is 2. The Balaban J connectivity index is 1.34. The molecule has 2 N–H and O–H groups in total. The maximum atomic E-state index is 12.4. The summed E-state index contributed by atoms with van der Waals surface area (Å²) in [4.78, 5) is 26.9. The van der Waals surface area contributed by atoms with Crippen LogP contribution < -0.4 is 10.6 Å². The van der Waals surface area contributed by atoms with E-state index in [2.05, 4.69) is 25.8 Å². The van der Waals surface area contributed by atoms with Crippen molar-refractivity contribution in [2.24, 2.45) is 0 Å². The van der Waals surface area contributed by atoms with Crippen LogP contribution in [0.15, 0.2) is 24.3 Å². The van der Waals surface area contributed by atoms with Crippen LogP contribution in [0.2, 0.25) is 0 Å². The second-order valence-electron chi connectivity index (χ2n) is 7.44. The van der Waals surface area contributed by atoms with E-state index in [0.717, 1.165) is 51.4 Å². The van der Waals surface area contributed by atoms with E-state index in [4.69, 9.17) is 4.74 Å². The molecular weight excluding hydrogens is 372 g/mol. The second kappa shape index (κ2) is 8.71. The Morgan fingerprint density at radius 3 is 2.55 bits per heavy atom. The van der Waals surface area contributed by atoms with Gasteiger partial charge in [0.2, 0.25) is 0 Å². The van der Waals surface area contributed by atoms with Gasteiger partial charge >= 0.3 is 0 Å². The van der Waals surface area contributed by atoms with Crippen LogP contribution in [0.3, 0.4) is 0 Å². The third-order valence-electron chi connectivity index (χ3n) is 5.21. The van der Waals surface area contributed by atoms with Crippen molar-refractivity contribution in [1.82, 2.24) is 30.5 Å². The quantitative estimate of drug-likeness (QED) is 0.706. The summed E-state index contributed by atoms with van der Waals surface area (Å²) in [6.07, 6.45) is 2.05. The van der Waals surface area contributed by atoms with Crippen LogP contribution in [0, 0.1) is 6.92 Å². The van der Waals surface area contributed by atoms with E-state index in [1.165, 1.54) is 0 Å². The van der Waals surface area contributed by atoms with E-state index in [0.29, 0.717) is 23.5 Å². The molecular formula is C20H26N6O3. The number of nitrogens with one attached hydrogen (secondary N) is 2. The van der Waals surface area contributed by atoms with Gasteiger partial charge in [-0.3, -0.25) is 14.5 Å². The number of morpholine rings is 1. The fourth-order valence-corrected chi connectivity index (χ4v) is 3.27. The smallest absolute Gasteiger partial charge is 0.273 e. The van der Waals surface area contributed by atoms with Gasteiger partial charge in [-0.05, 0) is 44.0 Å². The normalized spacial score (nSPS) is 17.1. The van der Waals surface area contributed by atoms with E-state index < -0.39 is 0 Å². The molecule has 9 nitrogen and oxygen atoms in total. The summed E-state index contributed by atoms with van der Waals surface area (Å²) < 4.78 is 6.94. The largest absolute Gasteiger partial charge is 0.379 e. The number of carbonyl (C=O) groups is 2. The van der Waals surface area contributed by atoms with Gasteiger partial charge < -0.3 is 15.4 Å². The highest BCUT2D eigenvalue weighted by molar-refractivity contribution is 5.94. The summed E-state index contributed by atoms with van der Waals surface area (Å²) in [5, 5.41) is 14.0. The molecule has 1 saturated carbocycles. The zero-order valence-electron chi connectivity index (χ0n) is 16.6. The van der Waals surface area contributed by atoms with Crippen molar-refractivity contribution in [1.29, 1.82) is 0 Å². The molecule has 0 bridgehead atoms. The van der Waals surface area contributed by atoms with E-state index >= 15 is 0 Å². The molecule has 9 heteroatoms. The zero-order valence-corrected chi connectivity index (χ0v) is 16.6. The summed E-state index contributed by atoms with van der Waals surface area (Å²) >= 11 is 0. The maximum Gasteiger partial charge on any atom is 0.273 e. The van der Waals surface area contributed by atoms with Crippen LogP contribution in [0.5, 0.6) is 0 Å². The Hall–Kier alpha value is -2.78. The van der Waals surface area contributed by atoms with E-state index in [1.807, 2.05) is 6.92 Å². The van der Waals surface area contributed by atoms with Crippen LogP contribution in [-0.4, -0.2) is 77.1 Å². The fourth-order valence-electron chi connectivity index (χ4n) is 3.27. The molecule has 2 aromatic rings. The molecule has 1 aliphatic carbocycles. The average Bonchev–Trinajstić information content (AvgIpc) is 3.47. The van der Waals surface area contributed by atoms with Crippen molar-refractivity contribution < 1.29 is 14.3 Å². The lowest BCUT2D eigenvalue weighted by atomic mass is 10.2. The minimum Gasteiger partial charge on any atom is -0.379 e. The van der Waals surface area contributed by atoms with Gasteiger partial charge in [-0.15, -0.1) is 5.10 Å². The lowest BCUT2D eigenvalue weighted by Gasteiger charge is -2.26. The molecule has 2 fully saturated rings. The van der Waals surface area contributed by atoms with Crippen molar-refractivity contribution in [2.75, 3.05) is 39.4 Å². The Morgan fingerprint density at radius 2 is 1.86 bits per heavy atom. The molecule has 0 atom stereocenters. The number of carbonyl (C=O) groups excluding carboxylic acids is 2. The van der Waals surface area contributed by atoms with Crippen molar-refractivity contribution in [3.8, 4) is 5.69 Å². The highest BCUT2D eigenvalue weighted by atomic mass is 16.5. The standard InChI is InChI=1S/C20H26N6O3/c1-14-18(20(28)22-16-4-5-16)23-24-26(14)17-6-2-15(3-7-17)19(27)21-8-9-25-10-12-29-13-11-25/h2-3,6-7,16H,4-5,8-13H2,1H3,(H,21,27)(H,22,28). The first-order valence-corrected chi connectivity index (χ1v) is 10.0. The third kappa shape index (κ3) is 4.80. The van der Waals surface area contributed by atoms with Crippen molar-refractivity contribution in [3.63, 3.8) is 0 Å². The summed E-state index contributed by atoms with van der Waals surface area (Å²) in [5.74, 6) is -0.294. The van der Waals surface area contributed by atoms with Gasteiger partial charge in [0.05, 0.1) is 24.6 Å². The monoisotopic (exact) mass is 398 g/mol. The zero-order chi connectivity index (χ0) is 20.2. The maximum absolute atomic E-state index is 12.4. The van der Waals surface area contributed by atoms with Crippen LogP contribution in [0.1, 0.15) is 39.4 Å². The van der Waals surface area contributed by atoms with E-state index in [-0.39, 0.29) is 17.9 Å². The molecule has 2 amide bonds. The van der Waals surface area contributed by atoms with Crippen LogP contribution >= 0.6 is 0 Å². The van der Waals surface area contributed by atoms with Crippen LogP contribution in [0.25, 0.3) is 5.69 Å². The minimum absolute atomic E-state index is 0.107. The van der Waals surface area contributed by atoms with Crippen LogP contribution in [-0.2, 0) is 4.74 Å². The third-order valence-corrected chi connectivity index (χ3v) is 5.21. The second-order valence-corrected chi connectivity index (χ2v) is 7.44. The minimum atomic E-state index is -0.187. The summed E-state index contributed by atoms with van der Waals surface area (Å²) in [5.41, 5.74) is 2.35. The Morgan fingerprint density at radius 1 is 1.14 bits per heavy atom. The number of rotatable bonds is 7. The molecule has 154 valence electrons. The predicted octanol–water partition coefficient (Wildman–Crippen LogP) is 0.530. The number of amides is 2. The Bertz CT molecular complexity index is 869. The molecule has 2 heterocycles. The lowest BCUT2D eigenvalue weighted by molar-refractivity contribution is 0.0383. The van der Waals surface area contributed by atoms with Gasteiger partial charge in [0.15, 0.2) is 5.69 Å². The molecule has 1 saturated heterocycles. The highest BCUT2D eigenvalue weighted by Crippen LogP contribution is 2.20. The summed E-state index contributed by atoms with van der Waals surface area (Å²) in [6, 6.07) is 7.39. The fraction of sp³-hybridized carbons (Fsp3) is 0.500. The first kappa shape index (κ1) is 19.5. The molecule has 4 rings (SSSR count). The van der Waals surface area contributed by atoms with E-state index in [1.54, 1.807) is 28.9 Å². The first-order chi connectivity index (χ1) is 14.1. The summed E-state index contributed by atoms with van der Waals surface area (Å²) in [6.45, 7) is 6.54. The van der Waals surface area contributed by atoms with Gasteiger partial charge in [0.1, 0.15) is 0 Å². The summed E-state index contributed by atoms with van der Waals surface area (Å²) in [7, 11) is 0. The molecule has 0 radical (unpaired) electrons. The van der Waals surface area contributed by atoms with Gasteiger partial charge in [-0.2, -0.15) is 0 Å². The van der Waals surface area contributed by atoms with E-state index in [9.17, 15) is 9.59 Å². The van der Waals surface area contributed by atoms with Crippen molar-refractivity contribution in [2.45, 2.75) is 25.8 Å². The molecule has 1 aromatic heterocycles. The molecule has 29 heavy (non-hydrogen) atoms. The number of nitrogens with zero attached hydrogens (tertiary/aromatic N) is 4. The molecule has 0 unspecified atom stereocenters.